The van der Waals surface area contributed by atoms with E-state index >= 15 is 0 Å². The second-order valence-corrected chi connectivity index (χ2v) is 5.59. The second-order valence-electron chi connectivity index (χ2n) is 4.74. The highest BCUT2D eigenvalue weighted by atomic mass is 32.2. The third kappa shape index (κ3) is 2.95. The fourth-order valence-electron chi connectivity index (χ4n) is 2.25. The van der Waals surface area contributed by atoms with E-state index in [9.17, 15) is 0 Å². The molecule has 0 bridgehead atoms. The minimum atomic E-state index is 0.834. The molecular weight excluding hydrogens is 278 g/mol. The van der Waals surface area contributed by atoms with Crippen LogP contribution in [0.25, 0.3) is 5.69 Å². The van der Waals surface area contributed by atoms with Gasteiger partial charge in [0.25, 0.3) is 0 Å². The maximum absolute atomic E-state index is 4.60. The molecule has 0 radical (unpaired) electrons. The van der Waals surface area contributed by atoms with Crippen molar-refractivity contribution in [2.75, 3.05) is 11.6 Å². The molecule has 3 aromatic rings. The van der Waals surface area contributed by atoms with E-state index in [1.807, 2.05) is 37.3 Å². The van der Waals surface area contributed by atoms with E-state index in [2.05, 4.69) is 51.6 Å². The number of hydrogen-bond acceptors (Lipinski definition) is 3. The number of imidazole rings is 1. The van der Waals surface area contributed by atoms with E-state index < -0.39 is 0 Å². The van der Waals surface area contributed by atoms with Crippen molar-refractivity contribution in [2.24, 2.45) is 0 Å². The maximum atomic E-state index is 4.60. The average molecular weight is 295 g/mol. The summed E-state index contributed by atoms with van der Waals surface area (Å²) in [4.78, 5) is 5.83. The predicted molar refractivity (Wildman–Crippen MR) is 89.8 cm³/mol. The molecule has 0 amide bonds. The molecule has 0 unspecified atom stereocenters. The van der Waals surface area contributed by atoms with Crippen molar-refractivity contribution >= 4 is 23.4 Å². The number of thioether (sulfide) groups is 1. The molecule has 21 heavy (non-hydrogen) atoms. The number of nitrogens with zero attached hydrogens (tertiary/aromatic N) is 2. The molecule has 3 rings (SSSR count). The Morgan fingerprint density at radius 1 is 1.00 bits per heavy atom. The van der Waals surface area contributed by atoms with Crippen LogP contribution in [-0.4, -0.2) is 15.8 Å². The number of nitrogens with one attached hydrogen (secondary N) is 1. The third-order valence-electron chi connectivity index (χ3n) is 3.20. The van der Waals surface area contributed by atoms with E-state index in [4.69, 9.17) is 0 Å². The molecule has 0 aliphatic rings. The van der Waals surface area contributed by atoms with Crippen LogP contribution in [0.15, 0.2) is 65.7 Å². The summed E-state index contributed by atoms with van der Waals surface area (Å²) in [5.74, 6) is 0.834. The quantitative estimate of drug-likeness (QED) is 0.711. The van der Waals surface area contributed by atoms with E-state index in [1.165, 1.54) is 4.90 Å². The van der Waals surface area contributed by atoms with Crippen molar-refractivity contribution in [2.45, 2.75) is 11.8 Å². The fourth-order valence-corrected chi connectivity index (χ4v) is 2.84. The van der Waals surface area contributed by atoms with E-state index in [0.29, 0.717) is 0 Å². The van der Waals surface area contributed by atoms with Gasteiger partial charge in [-0.15, -0.1) is 11.8 Å². The second kappa shape index (κ2) is 6.06. The first-order valence-electron chi connectivity index (χ1n) is 6.79. The zero-order valence-electron chi connectivity index (χ0n) is 12.1. The number of aromatic nitrogens is 2. The van der Waals surface area contributed by atoms with Crippen molar-refractivity contribution in [1.82, 2.24) is 9.55 Å². The van der Waals surface area contributed by atoms with Gasteiger partial charge in [0.2, 0.25) is 5.95 Å². The number of hydrogen-bond donors (Lipinski definition) is 1. The molecule has 0 saturated carbocycles. The number of benzene rings is 2. The van der Waals surface area contributed by atoms with Crippen LogP contribution < -0.4 is 5.32 Å². The molecule has 1 N–H and O–H groups in total. The zero-order chi connectivity index (χ0) is 14.7. The number of para-hydroxylation sites is 2. The summed E-state index contributed by atoms with van der Waals surface area (Å²) in [5.41, 5.74) is 3.17. The Hall–Kier alpha value is -2.20. The summed E-state index contributed by atoms with van der Waals surface area (Å²) in [6.45, 7) is 2.01. The Morgan fingerprint density at radius 2 is 1.71 bits per heavy atom. The number of aryl methyl sites for hydroxylation is 1. The van der Waals surface area contributed by atoms with Crippen molar-refractivity contribution in [3.63, 3.8) is 0 Å². The lowest BCUT2D eigenvalue weighted by molar-refractivity contribution is 1.03. The van der Waals surface area contributed by atoms with Crippen molar-refractivity contribution in [1.29, 1.82) is 0 Å². The van der Waals surface area contributed by atoms with Gasteiger partial charge in [-0.2, -0.15) is 0 Å². The summed E-state index contributed by atoms with van der Waals surface area (Å²) in [5, 5.41) is 3.39. The van der Waals surface area contributed by atoms with Crippen LogP contribution in [-0.2, 0) is 0 Å². The average Bonchev–Trinajstić information content (AvgIpc) is 2.88. The van der Waals surface area contributed by atoms with Gasteiger partial charge in [-0.25, -0.2) is 4.98 Å². The normalized spacial score (nSPS) is 10.6. The zero-order valence-corrected chi connectivity index (χ0v) is 12.9. The summed E-state index contributed by atoms with van der Waals surface area (Å²) < 4.78 is 2.11. The van der Waals surface area contributed by atoms with Crippen LogP contribution in [0.1, 0.15) is 5.69 Å². The molecule has 0 saturated heterocycles. The lowest BCUT2D eigenvalue weighted by atomic mass is 10.3. The molecule has 4 heteroatoms. The van der Waals surface area contributed by atoms with Gasteiger partial charge < -0.3 is 5.32 Å². The molecule has 1 heterocycles. The molecule has 106 valence electrons. The van der Waals surface area contributed by atoms with Gasteiger partial charge in [0, 0.05) is 16.8 Å². The van der Waals surface area contributed by atoms with E-state index in [1.54, 1.807) is 11.8 Å². The van der Waals surface area contributed by atoms with E-state index in [0.717, 1.165) is 23.0 Å². The van der Waals surface area contributed by atoms with Crippen molar-refractivity contribution < 1.29 is 0 Å². The van der Waals surface area contributed by atoms with Gasteiger partial charge in [-0.3, -0.25) is 4.57 Å². The van der Waals surface area contributed by atoms with Crippen LogP contribution in [0, 0.1) is 6.92 Å². The Morgan fingerprint density at radius 3 is 2.48 bits per heavy atom. The Balaban J connectivity index is 2.03. The molecule has 0 aliphatic carbocycles. The van der Waals surface area contributed by atoms with Gasteiger partial charge in [0.15, 0.2) is 0 Å². The summed E-state index contributed by atoms with van der Waals surface area (Å²) >= 11 is 1.74. The molecule has 0 atom stereocenters. The SMILES string of the molecule is CSc1ccccc1-n1cc(C)nc1Nc1ccccc1. The Bertz CT molecular complexity index is 735. The van der Waals surface area contributed by atoms with Crippen LogP contribution in [0.5, 0.6) is 0 Å². The lowest BCUT2D eigenvalue weighted by Gasteiger charge is -2.12. The predicted octanol–water partition coefficient (Wildman–Crippen LogP) is 4.65. The van der Waals surface area contributed by atoms with Crippen LogP contribution in [0.3, 0.4) is 0 Å². The number of rotatable bonds is 4. The first-order chi connectivity index (χ1) is 10.3. The standard InChI is InChI=1S/C17H17N3S/c1-13-12-20(15-10-6-7-11-16(15)21-2)17(18-13)19-14-8-4-3-5-9-14/h3-12H,1-2H3,(H,18,19). The maximum Gasteiger partial charge on any atom is 0.212 e. The minimum absolute atomic E-state index is 0.834. The summed E-state index contributed by atoms with van der Waals surface area (Å²) in [6.07, 6.45) is 4.15. The van der Waals surface area contributed by atoms with Gasteiger partial charge in [0.1, 0.15) is 0 Å². The first kappa shape index (κ1) is 13.8. The summed E-state index contributed by atoms with van der Waals surface area (Å²) in [7, 11) is 0. The third-order valence-corrected chi connectivity index (χ3v) is 3.99. The molecular formula is C17H17N3S. The fraction of sp³-hybridized carbons (Fsp3) is 0.118. The smallest absolute Gasteiger partial charge is 0.212 e. The minimum Gasteiger partial charge on any atom is -0.325 e. The summed E-state index contributed by atoms with van der Waals surface area (Å²) in [6, 6.07) is 18.5. The highest BCUT2D eigenvalue weighted by molar-refractivity contribution is 7.98. The Labute approximate surface area is 129 Å². The van der Waals surface area contributed by atoms with Gasteiger partial charge >= 0.3 is 0 Å². The molecule has 0 spiro atoms. The van der Waals surface area contributed by atoms with Crippen LogP contribution in [0.2, 0.25) is 0 Å². The molecule has 1 aromatic heterocycles. The lowest BCUT2D eigenvalue weighted by Crippen LogP contribution is -2.02. The van der Waals surface area contributed by atoms with Gasteiger partial charge in [-0.05, 0) is 37.4 Å². The van der Waals surface area contributed by atoms with Crippen molar-refractivity contribution in [3.8, 4) is 5.69 Å². The Kier molecular flexibility index (Phi) is 3.97. The van der Waals surface area contributed by atoms with E-state index in [-0.39, 0.29) is 0 Å². The highest BCUT2D eigenvalue weighted by Gasteiger charge is 2.10. The largest absolute Gasteiger partial charge is 0.325 e. The number of anilines is 2. The monoisotopic (exact) mass is 295 g/mol. The molecule has 0 fully saturated rings. The van der Waals surface area contributed by atoms with Crippen LogP contribution >= 0.6 is 11.8 Å². The molecule has 0 aliphatic heterocycles. The molecule has 2 aromatic carbocycles. The topological polar surface area (TPSA) is 29.9 Å². The van der Waals surface area contributed by atoms with Crippen molar-refractivity contribution in [3.05, 3.63) is 66.5 Å². The highest BCUT2D eigenvalue weighted by Crippen LogP contribution is 2.27. The van der Waals surface area contributed by atoms with Gasteiger partial charge in [-0.1, -0.05) is 30.3 Å². The molecule has 3 nitrogen and oxygen atoms in total. The first-order valence-corrected chi connectivity index (χ1v) is 8.02. The van der Waals surface area contributed by atoms with Crippen LogP contribution in [0.4, 0.5) is 11.6 Å². The van der Waals surface area contributed by atoms with Gasteiger partial charge in [0.05, 0.1) is 11.4 Å².